The van der Waals surface area contributed by atoms with Gasteiger partial charge in [-0.15, -0.1) is 0 Å². The highest BCUT2D eigenvalue weighted by Gasteiger charge is 2.22. The van der Waals surface area contributed by atoms with Gasteiger partial charge in [0.05, 0.1) is 11.6 Å². The lowest BCUT2D eigenvalue weighted by molar-refractivity contribution is 0.203. The van der Waals surface area contributed by atoms with Crippen LogP contribution in [0, 0.1) is 0 Å². The topological polar surface area (TPSA) is 61.3 Å². The summed E-state index contributed by atoms with van der Waals surface area (Å²) in [7, 11) is 0. The molecule has 0 fully saturated rings. The predicted molar refractivity (Wildman–Crippen MR) is 67.0 cm³/mol. The van der Waals surface area contributed by atoms with E-state index in [4.69, 9.17) is 14.9 Å². The molecule has 2 aromatic heterocycles. The second-order valence-corrected chi connectivity index (χ2v) is 4.31. The Bertz CT molecular complexity index is 489. The van der Waals surface area contributed by atoms with Crippen molar-refractivity contribution < 1.29 is 9.15 Å². The molecule has 17 heavy (non-hydrogen) atoms. The highest BCUT2D eigenvalue weighted by atomic mass is 16.5. The molecule has 0 aliphatic heterocycles. The standard InChI is InChI=1S/C13H18N2O2/c1-3-13(14,4-2)9-17-12-10-6-8-16-11(10)5-7-15-12/h5-8H,3-4,9,14H2,1-2H3. The van der Waals surface area contributed by atoms with Crippen LogP contribution in [0.3, 0.4) is 0 Å². The molecule has 0 saturated carbocycles. The molecule has 2 rings (SSSR count). The van der Waals surface area contributed by atoms with Gasteiger partial charge < -0.3 is 14.9 Å². The van der Waals surface area contributed by atoms with Crippen molar-refractivity contribution in [3.05, 3.63) is 24.6 Å². The molecule has 4 heteroatoms. The molecule has 0 atom stereocenters. The molecule has 0 aliphatic rings. The Morgan fingerprint density at radius 1 is 1.35 bits per heavy atom. The van der Waals surface area contributed by atoms with Crippen LogP contribution in [0.15, 0.2) is 29.0 Å². The van der Waals surface area contributed by atoms with Gasteiger partial charge in [-0.05, 0) is 25.0 Å². The molecule has 0 spiro atoms. The maximum absolute atomic E-state index is 6.19. The van der Waals surface area contributed by atoms with Crippen molar-refractivity contribution in [1.82, 2.24) is 4.98 Å². The van der Waals surface area contributed by atoms with Crippen molar-refractivity contribution in [2.75, 3.05) is 6.61 Å². The minimum absolute atomic E-state index is 0.284. The zero-order chi connectivity index (χ0) is 12.3. The smallest absolute Gasteiger partial charge is 0.224 e. The number of ether oxygens (including phenoxy) is 1. The largest absolute Gasteiger partial charge is 0.475 e. The van der Waals surface area contributed by atoms with Crippen LogP contribution in [0.4, 0.5) is 0 Å². The molecular weight excluding hydrogens is 216 g/mol. The summed E-state index contributed by atoms with van der Waals surface area (Å²) in [4.78, 5) is 4.21. The summed E-state index contributed by atoms with van der Waals surface area (Å²) in [6.45, 7) is 4.61. The molecule has 2 N–H and O–H groups in total. The summed E-state index contributed by atoms with van der Waals surface area (Å²) in [5.74, 6) is 0.591. The third-order valence-electron chi connectivity index (χ3n) is 3.25. The SMILES string of the molecule is CCC(N)(CC)COc1nccc2occc12. The predicted octanol–water partition coefficient (Wildman–Crippen LogP) is 2.72. The number of nitrogens with two attached hydrogens (primary N) is 1. The molecule has 0 bridgehead atoms. The summed E-state index contributed by atoms with van der Waals surface area (Å²) in [5, 5.41) is 0.891. The van der Waals surface area contributed by atoms with Crippen LogP contribution in [0.1, 0.15) is 26.7 Å². The van der Waals surface area contributed by atoms with Crippen molar-refractivity contribution in [3.63, 3.8) is 0 Å². The third kappa shape index (κ3) is 2.42. The van der Waals surface area contributed by atoms with E-state index in [2.05, 4.69) is 18.8 Å². The number of fused-ring (bicyclic) bond motifs is 1. The van der Waals surface area contributed by atoms with E-state index in [1.807, 2.05) is 12.1 Å². The molecule has 0 aliphatic carbocycles. The summed E-state index contributed by atoms with van der Waals surface area (Å²) in [6.07, 6.45) is 5.07. The average Bonchev–Trinajstić information content (AvgIpc) is 2.84. The number of aromatic nitrogens is 1. The fraction of sp³-hybridized carbons (Fsp3) is 0.462. The van der Waals surface area contributed by atoms with Crippen molar-refractivity contribution in [3.8, 4) is 5.88 Å². The van der Waals surface area contributed by atoms with Gasteiger partial charge in [0.15, 0.2) is 0 Å². The Kier molecular flexibility index (Phi) is 3.33. The maximum atomic E-state index is 6.19. The Labute approximate surface area is 101 Å². The highest BCUT2D eigenvalue weighted by Crippen LogP contribution is 2.24. The quantitative estimate of drug-likeness (QED) is 0.864. The molecule has 2 heterocycles. The van der Waals surface area contributed by atoms with Gasteiger partial charge >= 0.3 is 0 Å². The Hall–Kier alpha value is -1.55. The summed E-state index contributed by atoms with van der Waals surface area (Å²) in [5.41, 5.74) is 6.69. The molecule has 4 nitrogen and oxygen atoms in total. The number of rotatable bonds is 5. The van der Waals surface area contributed by atoms with Crippen molar-refractivity contribution in [2.45, 2.75) is 32.2 Å². The minimum Gasteiger partial charge on any atom is -0.475 e. The average molecular weight is 234 g/mol. The van der Waals surface area contributed by atoms with Crippen molar-refractivity contribution >= 4 is 11.0 Å². The first-order chi connectivity index (χ1) is 8.18. The fourth-order valence-electron chi connectivity index (χ4n) is 1.65. The van der Waals surface area contributed by atoms with E-state index in [0.717, 1.165) is 23.8 Å². The lowest BCUT2D eigenvalue weighted by atomic mass is 9.96. The zero-order valence-electron chi connectivity index (χ0n) is 10.3. The first-order valence-corrected chi connectivity index (χ1v) is 5.92. The van der Waals surface area contributed by atoms with Crippen LogP contribution >= 0.6 is 0 Å². The van der Waals surface area contributed by atoms with E-state index in [1.54, 1.807) is 12.5 Å². The molecular formula is C13H18N2O2. The van der Waals surface area contributed by atoms with E-state index in [9.17, 15) is 0 Å². The van der Waals surface area contributed by atoms with Gasteiger partial charge in [-0.1, -0.05) is 13.8 Å². The van der Waals surface area contributed by atoms with E-state index in [0.29, 0.717) is 12.5 Å². The van der Waals surface area contributed by atoms with Crippen LogP contribution in [0.5, 0.6) is 5.88 Å². The lowest BCUT2D eigenvalue weighted by Crippen LogP contribution is -2.44. The van der Waals surface area contributed by atoms with Crippen LogP contribution in [0.2, 0.25) is 0 Å². The van der Waals surface area contributed by atoms with Gasteiger partial charge in [0.25, 0.3) is 0 Å². The maximum Gasteiger partial charge on any atom is 0.224 e. The van der Waals surface area contributed by atoms with Gasteiger partial charge in [0.1, 0.15) is 12.2 Å². The Morgan fingerprint density at radius 2 is 2.12 bits per heavy atom. The van der Waals surface area contributed by atoms with Gasteiger partial charge in [-0.2, -0.15) is 0 Å². The van der Waals surface area contributed by atoms with E-state index in [-0.39, 0.29) is 5.54 Å². The molecule has 0 aromatic carbocycles. The Balaban J connectivity index is 2.16. The van der Waals surface area contributed by atoms with Gasteiger partial charge in [0.2, 0.25) is 5.88 Å². The minimum atomic E-state index is -0.284. The van der Waals surface area contributed by atoms with Crippen molar-refractivity contribution in [1.29, 1.82) is 0 Å². The summed E-state index contributed by atoms with van der Waals surface area (Å²) in [6, 6.07) is 3.67. The second kappa shape index (κ2) is 4.75. The number of furan rings is 1. The van der Waals surface area contributed by atoms with Crippen LogP contribution in [0.25, 0.3) is 11.0 Å². The third-order valence-corrected chi connectivity index (χ3v) is 3.25. The fourth-order valence-corrected chi connectivity index (χ4v) is 1.65. The normalized spacial score (nSPS) is 11.9. The van der Waals surface area contributed by atoms with Gasteiger partial charge in [-0.3, -0.25) is 0 Å². The van der Waals surface area contributed by atoms with Gasteiger partial charge in [0, 0.05) is 11.7 Å². The van der Waals surface area contributed by atoms with Gasteiger partial charge in [-0.25, -0.2) is 4.98 Å². The summed E-state index contributed by atoms with van der Waals surface area (Å²) < 4.78 is 11.0. The molecule has 0 amide bonds. The van der Waals surface area contributed by atoms with E-state index < -0.39 is 0 Å². The molecule has 0 unspecified atom stereocenters. The second-order valence-electron chi connectivity index (χ2n) is 4.31. The highest BCUT2D eigenvalue weighted by molar-refractivity contribution is 5.81. The van der Waals surface area contributed by atoms with Crippen LogP contribution in [-0.2, 0) is 0 Å². The van der Waals surface area contributed by atoms with Crippen molar-refractivity contribution in [2.24, 2.45) is 5.73 Å². The number of hydrogen-bond donors (Lipinski definition) is 1. The molecule has 2 aromatic rings. The monoisotopic (exact) mass is 234 g/mol. The van der Waals surface area contributed by atoms with E-state index >= 15 is 0 Å². The first kappa shape index (κ1) is 11.9. The molecule has 0 radical (unpaired) electrons. The summed E-state index contributed by atoms with van der Waals surface area (Å²) >= 11 is 0. The molecule has 92 valence electrons. The lowest BCUT2D eigenvalue weighted by Gasteiger charge is -2.26. The number of pyridine rings is 1. The van der Waals surface area contributed by atoms with Crippen LogP contribution < -0.4 is 10.5 Å². The molecule has 0 saturated heterocycles. The Morgan fingerprint density at radius 3 is 2.82 bits per heavy atom. The number of nitrogens with zero attached hydrogens (tertiary/aromatic N) is 1. The van der Waals surface area contributed by atoms with Crippen LogP contribution in [-0.4, -0.2) is 17.1 Å². The van der Waals surface area contributed by atoms with E-state index in [1.165, 1.54) is 0 Å². The first-order valence-electron chi connectivity index (χ1n) is 5.92. The zero-order valence-corrected chi connectivity index (χ0v) is 10.3. The number of hydrogen-bond acceptors (Lipinski definition) is 4.